The highest BCUT2D eigenvalue weighted by Crippen LogP contribution is 2.24. The maximum absolute atomic E-state index is 13.5. The van der Waals surface area contributed by atoms with Gasteiger partial charge in [0.1, 0.15) is 5.82 Å². The Morgan fingerprint density at radius 3 is 2.74 bits per heavy atom. The van der Waals surface area contributed by atoms with Gasteiger partial charge in [0, 0.05) is 38.5 Å². The third-order valence-corrected chi connectivity index (χ3v) is 5.41. The third kappa shape index (κ3) is 5.91. The van der Waals surface area contributed by atoms with Crippen LogP contribution in [0.1, 0.15) is 50.1 Å². The summed E-state index contributed by atoms with van der Waals surface area (Å²) in [5.74, 6) is -0.0949. The molecule has 150 valence electrons. The molecule has 1 atom stereocenters. The van der Waals surface area contributed by atoms with Gasteiger partial charge in [0.05, 0.1) is 6.04 Å². The van der Waals surface area contributed by atoms with E-state index in [0.717, 1.165) is 37.8 Å². The van der Waals surface area contributed by atoms with Gasteiger partial charge in [-0.2, -0.15) is 0 Å². The van der Waals surface area contributed by atoms with Gasteiger partial charge >= 0.3 is 0 Å². The first-order valence-corrected chi connectivity index (χ1v) is 9.68. The van der Waals surface area contributed by atoms with E-state index in [1.165, 1.54) is 18.6 Å². The molecule has 2 aliphatic rings. The fourth-order valence-electron chi connectivity index (χ4n) is 3.96. The van der Waals surface area contributed by atoms with E-state index in [1.54, 1.807) is 11.0 Å². The molecule has 1 unspecified atom stereocenters. The van der Waals surface area contributed by atoms with Crippen LogP contribution in [0.4, 0.5) is 4.39 Å². The Bertz CT molecular complexity index is 637. The molecule has 1 heterocycles. The normalized spacial score (nSPS) is 20.6. The second-order valence-corrected chi connectivity index (χ2v) is 7.24. The van der Waals surface area contributed by atoms with Gasteiger partial charge in [-0.1, -0.05) is 31.4 Å². The molecule has 2 fully saturated rings. The van der Waals surface area contributed by atoms with Gasteiger partial charge in [-0.05, 0) is 30.5 Å². The van der Waals surface area contributed by atoms with E-state index < -0.39 is 0 Å². The van der Waals surface area contributed by atoms with Crippen molar-refractivity contribution in [1.82, 2.24) is 15.5 Å². The quantitative estimate of drug-likeness (QED) is 0.803. The van der Waals surface area contributed by atoms with Gasteiger partial charge in [-0.25, -0.2) is 4.39 Å². The summed E-state index contributed by atoms with van der Waals surface area (Å²) >= 11 is 0. The molecular weight excluding hydrogens is 369 g/mol. The Kier molecular flexibility index (Phi) is 8.51. The average molecular weight is 398 g/mol. The van der Waals surface area contributed by atoms with Gasteiger partial charge in [0.2, 0.25) is 11.8 Å². The van der Waals surface area contributed by atoms with E-state index in [4.69, 9.17) is 0 Å². The predicted octanol–water partition coefficient (Wildman–Crippen LogP) is 2.81. The summed E-state index contributed by atoms with van der Waals surface area (Å²) in [6.07, 6.45) is 5.65. The zero-order valence-corrected chi connectivity index (χ0v) is 16.4. The number of hydrogen-bond acceptors (Lipinski definition) is 3. The highest BCUT2D eigenvalue weighted by atomic mass is 35.5. The van der Waals surface area contributed by atoms with E-state index in [-0.39, 0.29) is 48.4 Å². The molecule has 1 aliphatic heterocycles. The summed E-state index contributed by atoms with van der Waals surface area (Å²) in [4.78, 5) is 26.7. The second kappa shape index (κ2) is 10.6. The summed E-state index contributed by atoms with van der Waals surface area (Å²) in [5, 5.41) is 6.19. The van der Waals surface area contributed by atoms with Crippen molar-refractivity contribution in [2.75, 3.05) is 26.2 Å². The highest BCUT2D eigenvalue weighted by Gasteiger charge is 2.28. The van der Waals surface area contributed by atoms with E-state index in [1.807, 2.05) is 6.07 Å². The molecule has 0 aromatic heterocycles. The minimum Gasteiger partial charge on any atom is -0.355 e. The Balaban J connectivity index is 0.00000261. The third-order valence-electron chi connectivity index (χ3n) is 5.41. The summed E-state index contributed by atoms with van der Waals surface area (Å²) in [6, 6.07) is 6.26. The van der Waals surface area contributed by atoms with Crippen LogP contribution in [-0.2, 0) is 9.59 Å². The second-order valence-electron chi connectivity index (χ2n) is 7.24. The van der Waals surface area contributed by atoms with Crippen molar-refractivity contribution in [1.29, 1.82) is 0 Å². The van der Waals surface area contributed by atoms with Crippen LogP contribution in [0.2, 0.25) is 0 Å². The molecule has 27 heavy (non-hydrogen) atoms. The lowest BCUT2D eigenvalue weighted by atomic mass is 9.89. The first-order chi connectivity index (χ1) is 12.6. The molecule has 1 aromatic carbocycles. The summed E-state index contributed by atoms with van der Waals surface area (Å²) in [5.41, 5.74) is 0.803. The van der Waals surface area contributed by atoms with Gasteiger partial charge in [-0.3, -0.25) is 9.59 Å². The zero-order valence-electron chi connectivity index (χ0n) is 15.6. The van der Waals surface area contributed by atoms with Crippen LogP contribution in [0.3, 0.4) is 0 Å². The number of benzene rings is 1. The Labute approximate surface area is 166 Å². The largest absolute Gasteiger partial charge is 0.355 e. The Morgan fingerprint density at radius 2 is 2.00 bits per heavy atom. The van der Waals surface area contributed by atoms with Crippen LogP contribution in [0.5, 0.6) is 0 Å². The number of carbonyl (C=O) groups is 2. The number of rotatable bonds is 5. The fourth-order valence-corrected chi connectivity index (χ4v) is 3.96. The summed E-state index contributed by atoms with van der Waals surface area (Å²) < 4.78 is 13.5. The number of nitrogens with zero attached hydrogens (tertiary/aromatic N) is 1. The molecule has 5 nitrogen and oxygen atoms in total. The van der Waals surface area contributed by atoms with Crippen LogP contribution < -0.4 is 10.6 Å². The first kappa shape index (κ1) is 21.6. The smallest absolute Gasteiger partial charge is 0.224 e. The minimum atomic E-state index is -0.291. The lowest BCUT2D eigenvalue weighted by Gasteiger charge is -2.36. The van der Waals surface area contributed by atoms with E-state index in [2.05, 4.69) is 10.6 Å². The number of carbonyl (C=O) groups excluding carboxylic acids is 2. The van der Waals surface area contributed by atoms with Gasteiger partial charge in [0.15, 0.2) is 0 Å². The van der Waals surface area contributed by atoms with Crippen LogP contribution in [0, 0.1) is 11.7 Å². The zero-order chi connectivity index (χ0) is 18.4. The molecule has 1 aliphatic carbocycles. The number of piperazine rings is 1. The van der Waals surface area contributed by atoms with E-state index in [9.17, 15) is 14.0 Å². The molecule has 1 aromatic rings. The number of nitrogens with one attached hydrogen (secondary N) is 2. The van der Waals surface area contributed by atoms with Crippen LogP contribution in [-0.4, -0.2) is 42.9 Å². The highest BCUT2D eigenvalue weighted by molar-refractivity contribution is 5.85. The first-order valence-electron chi connectivity index (χ1n) is 9.68. The molecule has 2 amide bonds. The molecule has 1 saturated carbocycles. The van der Waals surface area contributed by atoms with Crippen LogP contribution >= 0.6 is 12.4 Å². The van der Waals surface area contributed by atoms with Gasteiger partial charge in [-0.15, -0.1) is 12.4 Å². The summed E-state index contributed by atoms with van der Waals surface area (Å²) in [7, 11) is 0. The molecule has 3 rings (SSSR count). The lowest BCUT2D eigenvalue weighted by molar-refractivity contribution is -0.134. The lowest BCUT2D eigenvalue weighted by Crippen LogP contribution is -2.49. The maximum atomic E-state index is 13.5. The molecule has 7 heteroatoms. The Morgan fingerprint density at radius 1 is 1.22 bits per heavy atom. The topological polar surface area (TPSA) is 61.4 Å². The maximum Gasteiger partial charge on any atom is 0.224 e. The number of amides is 2. The summed E-state index contributed by atoms with van der Waals surface area (Å²) in [6.45, 7) is 2.31. The number of halogens is 2. The van der Waals surface area contributed by atoms with Crippen LogP contribution in [0.15, 0.2) is 24.3 Å². The van der Waals surface area contributed by atoms with Crippen molar-refractivity contribution >= 4 is 24.2 Å². The Hall–Kier alpha value is -1.66. The molecule has 0 bridgehead atoms. The van der Waals surface area contributed by atoms with Crippen molar-refractivity contribution in [2.24, 2.45) is 5.92 Å². The van der Waals surface area contributed by atoms with Crippen molar-refractivity contribution in [3.63, 3.8) is 0 Å². The fraction of sp³-hybridized carbons (Fsp3) is 0.600. The average Bonchev–Trinajstić information content (AvgIpc) is 2.68. The van der Waals surface area contributed by atoms with Gasteiger partial charge < -0.3 is 15.5 Å². The van der Waals surface area contributed by atoms with E-state index in [0.29, 0.717) is 19.6 Å². The molecular formula is C20H29ClFN3O2. The SMILES string of the molecule is Cl.O=C(NCCC(=O)N1CCNCC1c1cccc(F)c1)C1CCCCC1. The monoisotopic (exact) mass is 397 g/mol. The molecule has 0 radical (unpaired) electrons. The van der Waals surface area contributed by atoms with Crippen LogP contribution in [0.25, 0.3) is 0 Å². The van der Waals surface area contributed by atoms with Crippen molar-refractivity contribution in [3.8, 4) is 0 Å². The van der Waals surface area contributed by atoms with Crippen molar-refractivity contribution in [2.45, 2.75) is 44.6 Å². The van der Waals surface area contributed by atoms with Crippen molar-refractivity contribution in [3.05, 3.63) is 35.6 Å². The predicted molar refractivity (Wildman–Crippen MR) is 105 cm³/mol. The molecule has 0 spiro atoms. The molecule has 1 saturated heterocycles. The minimum absolute atomic E-state index is 0. The standard InChI is InChI=1S/C20H28FN3O2.ClH/c21-17-8-4-7-16(13-17)18-14-22-11-12-24(18)19(25)9-10-23-20(26)15-5-2-1-3-6-15;/h4,7-8,13,15,18,22H,1-3,5-6,9-12,14H2,(H,23,26);1H. The number of hydrogen-bond donors (Lipinski definition) is 2. The van der Waals surface area contributed by atoms with Gasteiger partial charge in [0.25, 0.3) is 0 Å². The van der Waals surface area contributed by atoms with E-state index >= 15 is 0 Å². The molecule has 2 N–H and O–H groups in total. The van der Waals surface area contributed by atoms with Crippen molar-refractivity contribution < 1.29 is 14.0 Å².